The van der Waals surface area contributed by atoms with Crippen LogP contribution in [0.4, 0.5) is 0 Å². The summed E-state index contributed by atoms with van der Waals surface area (Å²) in [6, 6.07) is 11.9. The average molecular weight is 387 g/mol. The van der Waals surface area contributed by atoms with Gasteiger partial charge in [-0.1, -0.05) is 18.2 Å². The predicted molar refractivity (Wildman–Crippen MR) is 109 cm³/mol. The molecule has 1 amide bonds. The van der Waals surface area contributed by atoms with Gasteiger partial charge in [0.1, 0.15) is 0 Å². The van der Waals surface area contributed by atoms with E-state index in [9.17, 15) is 13.2 Å². The van der Waals surface area contributed by atoms with Crippen LogP contribution in [-0.2, 0) is 14.6 Å². The summed E-state index contributed by atoms with van der Waals surface area (Å²) in [5.41, 5.74) is 4.24. The highest BCUT2D eigenvalue weighted by molar-refractivity contribution is 7.91. The molecule has 27 heavy (non-hydrogen) atoms. The van der Waals surface area contributed by atoms with E-state index in [-0.39, 0.29) is 23.5 Å². The molecule has 1 unspecified atom stereocenters. The standard InChI is InChI=1S/C21H26N2O3S/c1-4-22(20-12-13-27(25,26)15-20)21(24)11-10-18-14-16(2)23(17(18)3)19-8-6-5-7-9-19/h5-11,14,20H,4,12-13,15H2,1-3H3/b11-10+. The van der Waals surface area contributed by atoms with Gasteiger partial charge < -0.3 is 9.47 Å². The van der Waals surface area contributed by atoms with Crippen LogP contribution in [0, 0.1) is 13.8 Å². The molecule has 2 aromatic rings. The molecule has 1 aliphatic heterocycles. The Kier molecular flexibility index (Phi) is 5.56. The van der Waals surface area contributed by atoms with Gasteiger partial charge in [0.15, 0.2) is 9.84 Å². The number of carbonyl (C=O) groups excluding carboxylic acids is 1. The van der Waals surface area contributed by atoms with Crippen LogP contribution in [0.3, 0.4) is 0 Å². The van der Waals surface area contributed by atoms with Crippen molar-refractivity contribution in [1.82, 2.24) is 9.47 Å². The summed E-state index contributed by atoms with van der Waals surface area (Å²) in [6.45, 7) is 6.47. The fraction of sp³-hybridized carbons (Fsp3) is 0.381. The third-order valence-electron chi connectivity index (χ3n) is 5.16. The smallest absolute Gasteiger partial charge is 0.246 e. The molecule has 1 aromatic carbocycles. The number of nitrogens with zero attached hydrogens (tertiary/aromatic N) is 2. The zero-order valence-corrected chi connectivity index (χ0v) is 16.9. The molecular formula is C21H26N2O3S. The maximum absolute atomic E-state index is 12.7. The van der Waals surface area contributed by atoms with E-state index >= 15 is 0 Å². The second-order valence-corrected chi connectivity index (χ2v) is 9.24. The first-order valence-corrected chi connectivity index (χ1v) is 11.1. The van der Waals surface area contributed by atoms with Gasteiger partial charge in [-0.05, 0) is 57.0 Å². The summed E-state index contributed by atoms with van der Waals surface area (Å²) in [7, 11) is -3.01. The van der Waals surface area contributed by atoms with Crippen LogP contribution in [-0.4, -0.2) is 47.9 Å². The Bertz CT molecular complexity index is 959. The number of aromatic nitrogens is 1. The van der Waals surface area contributed by atoms with E-state index in [0.29, 0.717) is 13.0 Å². The molecule has 5 nitrogen and oxygen atoms in total. The van der Waals surface area contributed by atoms with E-state index in [1.807, 2.05) is 45.0 Å². The Hall–Kier alpha value is -2.34. The number of sulfone groups is 1. The second-order valence-electron chi connectivity index (χ2n) is 7.01. The Morgan fingerprint density at radius 1 is 1.26 bits per heavy atom. The minimum absolute atomic E-state index is 0.0724. The minimum Gasteiger partial charge on any atom is -0.335 e. The minimum atomic E-state index is -3.01. The van der Waals surface area contributed by atoms with Crippen molar-refractivity contribution in [2.24, 2.45) is 0 Å². The highest BCUT2D eigenvalue weighted by Gasteiger charge is 2.33. The van der Waals surface area contributed by atoms with E-state index < -0.39 is 9.84 Å². The molecule has 2 heterocycles. The number of carbonyl (C=O) groups is 1. The zero-order valence-electron chi connectivity index (χ0n) is 16.1. The summed E-state index contributed by atoms with van der Waals surface area (Å²) in [5, 5.41) is 0. The lowest BCUT2D eigenvalue weighted by molar-refractivity contribution is -0.127. The number of hydrogen-bond acceptors (Lipinski definition) is 3. The van der Waals surface area contributed by atoms with Crippen molar-refractivity contribution in [3.8, 4) is 5.69 Å². The maximum Gasteiger partial charge on any atom is 0.246 e. The molecule has 144 valence electrons. The van der Waals surface area contributed by atoms with E-state index in [2.05, 4.69) is 22.8 Å². The van der Waals surface area contributed by atoms with E-state index in [1.54, 1.807) is 11.0 Å². The lowest BCUT2D eigenvalue weighted by Gasteiger charge is -2.25. The van der Waals surface area contributed by atoms with Crippen LogP contribution >= 0.6 is 0 Å². The third-order valence-corrected chi connectivity index (χ3v) is 6.91. The van der Waals surface area contributed by atoms with Crippen LogP contribution in [0.25, 0.3) is 11.8 Å². The summed E-state index contributed by atoms with van der Waals surface area (Å²) in [5.74, 6) is 0.107. The number of aryl methyl sites for hydroxylation is 1. The van der Waals surface area contributed by atoms with Crippen molar-refractivity contribution in [1.29, 1.82) is 0 Å². The largest absolute Gasteiger partial charge is 0.335 e. The predicted octanol–water partition coefficient (Wildman–Crippen LogP) is 3.14. The second kappa shape index (κ2) is 7.72. The monoisotopic (exact) mass is 386 g/mol. The van der Waals surface area contributed by atoms with Gasteiger partial charge in [-0.25, -0.2) is 8.42 Å². The van der Waals surface area contributed by atoms with E-state index in [0.717, 1.165) is 22.6 Å². The fourth-order valence-corrected chi connectivity index (χ4v) is 5.53. The van der Waals surface area contributed by atoms with Crippen molar-refractivity contribution in [3.05, 3.63) is 59.4 Å². The van der Waals surface area contributed by atoms with Crippen LogP contribution in [0.5, 0.6) is 0 Å². The Morgan fingerprint density at radius 2 is 1.96 bits per heavy atom. The molecular weight excluding hydrogens is 360 g/mol. The van der Waals surface area contributed by atoms with Crippen molar-refractivity contribution >= 4 is 21.8 Å². The molecule has 1 saturated heterocycles. The molecule has 0 spiro atoms. The first-order chi connectivity index (χ1) is 12.8. The van der Waals surface area contributed by atoms with Gasteiger partial charge in [-0.15, -0.1) is 0 Å². The first kappa shape index (κ1) is 19.4. The molecule has 1 fully saturated rings. The molecule has 0 aliphatic carbocycles. The lowest BCUT2D eigenvalue weighted by atomic mass is 10.2. The molecule has 1 atom stereocenters. The Labute approximate surface area is 161 Å². The lowest BCUT2D eigenvalue weighted by Crippen LogP contribution is -2.40. The van der Waals surface area contributed by atoms with Crippen LogP contribution in [0.15, 0.2) is 42.5 Å². The van der Waals surface area contributed by atoms with Gasteiger partial charge in [-0.3, -0.25) is 4.79 Å². The number of amides is 1. The molecule has 0 radical (unpaired) electrons. The van der Waals surface area contributed by atoms with Crippen LogP contribution in [0.1, 0.15) is 30.3 Å². The molecule has 1 aromatic heterocycles. The van der Waals surface area contributed by atoms with Crippen molar-refractivity contribution < 1.29 is 13.2 Å². The quantitative estimate of drug-likeness (QED) is 0.742. The van der Waals surface area contributed by atoms with Crippen molar-refractivity contribution in [2.45, 2.75) is 33.2 Å². The number of likely N-dealkylation sites (N-methyl/N-ethyl adjacent to an activating group) is 1. The van der Waals surface area contributed by atoms with Crippen LogP contribution in [0.2, 0.25) is 0 Å². The number of para-hydroxylation sites is 1. The van der Waals surface area contributed by atoms with Gasteiger partial charge in [0.25, 0.3) is 0 Å². The number of benzene rings is 1. The maximum atomic E-state index is 12.7. The highest BCUT2D eigenvalue weighted by atomic mass is 32.2. The molecule has 0 N–H and O–H groups in total. The highest BCUT2D eigenvalue weighted by Crippen LogP contribution is 2.22. The Morgan fingerprint density at radius 3 is 2.56 bits per heavy atom. The van der Waals surface area contributed by atoms with Gasteiger partial charge in [0.2, 0.25) is 5.91 Å². The topological polar surface area (TPSA) is 59.4 Å². The van der Waals surface area contributed by atoms with E-state index in [4.69, 9.17) is 0 Å². The molecule has 0 saturated carbocycles. The Balaban J connectivity index is 1.80. The van der Waals surface area contributed by atoms with E-state index in [1.165, 1.54) is 0 Å². The summed E-state index contributed by atoms with van der Waals surface area (Å²) < 4.78 is 25.6. The first-order valence-electron chi connectivity index (χ1n) is 9.26. The molecule has 1 aliphatic rings. The molecule has 3 rings (SSSR count). The van der Waals surface area contributed by atoms with Crippen LogP contribution < -0.4 is 0 Å². The summed E-state index contributed by atoms with van der Waals surface area (Å²) >= 11 is 0. The summed E-state index contributed by atoms with van der Waals surface area (Å²) in [6.07, 6.45) is 3.92. The average Bonchev–Trinajstić information content (AvgIpc) is 3.13. The third kappa shape index (κ3) is 4.16. The molecule has 0 bridgehead atoms. The van der Waals surface area contributed by atoms with Gasteiger partial charge in [0, 0.05) is 35.7 Å². The normalized spacial score (nSPS) is 18.9. The fourth-order valence-electron chi connectivity index (χ4n) is 3.80. The van der Waals surface area contributed by atoms with Gasteiger partial charge >= 0.3 is 0 Å². The van der Waals surface area contributed by atoms with Gasteiger partial charge in [-0.2, -0.15) is 0 Å². The molecule has 6 heteroatoms. The van der Waals surface area contributed by atoms with Crippen molar-refractivity contribution in [2.75, 3.05) is 18.1 Å². The zero-order chi connectivity index (χ0) is 19.6. The number of rotatable bonds is 5. The van der Waals surface area contributed by atoms with Gasteiger partial charge in [0.05, 0.1) is 11.5 Å². The SMILES string of the molecule is CCN(C(=O)/C=C/c1cc(C)n(-c2ccccc2)c1C)C1CCS(=O)(=O)C1. The van der Waals surface area contributed by atoms with Crippen molar-refractivity contribution in [3.63, 3.8) is 0 Å². The number of hydrogen-bond donors (Lipinski definition) is 0. The summed E-state index contributed by atoms with van der Waals surface area (Å²) in [4.78, 5) is 14.3.